The van der Waals surface area contributed by atoms with Gasteiger partial charge in [-0.25, -0.2) is 0 Å². The van der Waals surface area contributed by atoms with Gasteiger partial charge in [-0.15, -0.1) is 0 Å². The molecule has 1 aromatic rings. The molecule has 0 saturated carbocycles. The van der Waals surface area contributed by atoms with Crippen LogP contribution in [0.1, 0.15) is 32.3 Å². The molecule has 0 radical (unpaired) electrons. The zero-order valence-corrected chi connectivity index (χ0v) is 13.5. The first-order valence-corrected chi connectivity index (χ1v) is 7.33. The number of hydrogen-bond acceptors (Lipinski definition) is 2. The van der Waals surface area contributed by atoms with E-state index in [-0.39, 0.29) is 5.41 Å². The van der Waals surface area contributed by atoms with E-state index in [9.17, 15) is 0 Å². The van der Waals surface area contributed by atoms with Crippen molar-refractivity contribution in [2.75, 3.05) is 13.6 Å². The molecule has 0 unspecified atom stereocenters. The third kappa shape index (κ3) is 5.89. The Morgan fingerprint density at radius 2 is 1.89 bits per heavy atom. The summed E-state index contributed by atoms with van der Waals surface area (Å²) in [5.74, 6) is 0. The molecule has 0 spiro atoms. The van der Waals surface area contributed by atoms with Gasteiger partial charge >= 0.3 is 0 Å². The van der Waals surface area contributed by atoms with Crippen molar-refractivity contribution in [3.05, 3.63) is 34.9 Å². The summed E-state index contributed by atoms with van der Waals surface area (Å²) in [6.07, 6.45) is 2.11. The Bertz CT molecular complexity index is 415. The van der Waals surface area contributed by atoms with Gasteiger partial charge in [-0.1, -0.05) is 49.8 Å². The van der Waals surface area contributed by atoms with E-state index in [0.717, 1.165) is 31.0 Å². The van der Waals surface area contributed by atoms with Crippen molar-refractivity contribution in [3.63, 3.8) is 0 Å². The van der Waals surface area contributed by atoms with Crippen LogP contribution < -0.4 is 5.73 Å². The van der Waals surface area contributed by atoms with Crippen LogP contribution in [0, 0.1) is 5.41 Å². The quantitative estimate of drug-likeness (QED) is 0.775. The summed E-state index contributed by atoms with van der Waals surface area (Å²) in [5, 5.41) is 0.782. The average molecular weight is 299 g/mol. The number of thiocarbonyl (C=S) groups is 1. The van der Waals surface area contributed by atoms with Crippen LogP contribution in [0.2, 0.25) is 5.02 Å². The van der Waals surface area contributed by atoms with Gasteiger partial charge in [0.05, 0.1) is 4.99 Å². The van der Waals surface area contributed by atoms with E-state index in [1.165, 1.54) is 5.56 Å². The molecule has 0 saturated heterocycles. The molecule has 0 bridgehead atoms. The fraction of sp³-hybridized carbons (Fsp3) is 0.533. The van der Waals surface area contributed by atoms with E-state index >= 15 is 0 Å². The second-order valence-corrected chi connectivity index (χ2v) is 6.59. The van der Waals surface area contributed by atoms with E-state index in [2.05, 4.69) is 37.9 Å². The molecule has 0 aliphatic rings. The summed E-state index contributed by atoms with van der Waals surface area (Å²) >= 11 is 11.0. The highest BCUT2D eigenvalue weighted by atomic mass is 35.5. The van der Waals surface area contributed by atoms with Crippen LogP contribution in [0.25, 0.3) is 0 Å². The first-order valence-electron chi connectivity index (χ1n) is 6.54. The highest BCUT2D eigenvalue weighted by Gasteiger charge is 2.20. The van der Waals surface area contributed by atoms with E-state index < -0.39 is 0 Å². The van der Waals surface area contributed by atoms with Gasteiger partial charge in [0.2, 0.25) is 0 Å². The third-order valence-corrected chi connectivity index (χ3v) is 4.18. The summed E-state index contributed by atoms with van der Waals surface area (Å²) in [4.78, 5) is 2.91. The van der Waals surface area contributed by atoms with Crippen LogP contribution in [-0.4, -0.2) is 23.5 Å². The van der Waals surface area contributed by atoms with Crippen molar-refractivity contribution >= 4 is 28.8 Å². The molecule has 0 fully saturated rings. The second kappa shape index (κ2) is 7.22. The Labute approximate surface area is 126 Å². The van der Waals surface area contributed by atoms with Gasteiger partial charge in [0.15, 0.2) is 0 Å². The molecule has 106 valence electrons. The number of nitrogens with zero attached hydrogens (tertiary/aromatic N) is 1. The smallest absolute Gasteiger partial charge is 0.0784 e. The largest absolute Gasteiger partial charge is 0.393 e. The van der Waals surface area contributed by atoms with Crippen LogP contribution in [0.3, 0.4) is 0 Å². The first kappa shape index (κ1) is 16.4. The van der Waals surface area contributed by atoms with Gasteiger partial charge in [-0.3, -0.25) is 0 Å². The molecule has 1 aromatic carbocycles. The van der Waals surface area contributed by atoms with Gasteiger partial charge in [-0.2, -0.15) is 0 Å². The molecule has 2 nitrogen and oxygen atoms in total. The Hall–Kier alpha value is -0.640. The maximum atomic E-state index is 5.87. The van der Waals surface area contributed by atoms with Crippen LogP contribution in [0.5, 0.6) is 0 Å². The fourth-order valence-corrected chi connectivity index (χ4v) is 2.12. The SMILES string of the molecule is CN(CCCC(C)(C)C(N)=S)Cc1ccc(Cl)cc1. The Balaban J connectivity index is 2.34. The van der Waals surface area contributed by atoms with Crippen molar-refractivity contribution < 1.29 is 0 Å². The minimum Gasteiger partial charge on any atom is -0.393 e. The van der Waals surface area contributed by atoms with Crippen LogP contribution in [0.15, 0.2) is 24.3 Å². The minimum atomic E-state index is -0.0452. The predicted molar refractivity (Wildman–Crippen MR) is 87.6 cm³/mol. The molecule has 19 heavy (non-hydrogen) atoms. The van der Waals surface area contributed by atoms with E-state index in [4.69, 9.17) is 29.6 Å². The lowest BCUT2D eigenvalue weighted by Crippen LogP contribution is -2.30. The number of rotatable bonds is 7. The molecule has 4 heteroatoms. The first-order chi connectivity index (χ1) is 8.81. The Morgan fingerprint density at radius 1 is 1.32 bits per heavy atom. The lowest BCUT2D eigenvalue weighted by Gasteiger charge is -2.24. The maximum Gasteiger partial charge on any atom is 0.0784 e. The van der Waals surface area contributed by atoms with Gasteiger partial charge in [0, 0.05) is 17.0 Å². The second-order valence-electron chi connectivity index (χ2n) is 5.72. The van der Waals surface area contributed by atoms with Crippen molar-refractivity contribution in [3.8, 4) is 0 Å². The fourth-order valence-electron chi connectivity index (χ4n) is 1.89. The molecule has 0 atom stereocenters. The lowest BCUT2D eigenvalue weighted by atomic mass is 9.88. The van der Waals surface area contributed by atoms with Gasteiger partial charge in [0.1, 0.15) is 0 Å². The molecule has 0 aromatic heterocycles. The Morgan fingerprint density at radius 3 is 2.42 bits per heavy atom. The molecule has 0 aliphatic heterocycles. The summed E-state index contributed by atoms with van der Waals surface area (Å²) in [5.41, 5.74) is 6.96. The van der Waals surface area contributed by atoms with Crippen molar-refractivity contribution in [1.82, 2.24) is 4.90 Å². The van der Waals surface area contributed by atoms with Crippen LogP contribution >= 0.6 is 23.8 Å². The molecule has 0 heterocycles. The van der Waals surface area contributed by atoms with E-state index in [1.807, 2.05) is 12.1 Å². The predicted octanol–water partition coefficient (Wildman–Crippen LogP) is 3.86. The Kier molecular flexibility index (Phi) is 6.24. The average Bonchev–Trinajstić information content (AvgIpc) is 2.31. The zero-order valence-electron chi connectivity index (χ0n) is 11.9. The standard InChI is InChI=1S/C15H23ClN2S/c1-15(2,14(17)19)9-4-10-18(3)11-12-5-7-13(16)8-6-12/h5-8H,4,9-11H2,1-3H3,(H2,17,19). The lowest BCUT2D eigenvalue weighted by molar-refractivity contribution is 0.301. The molecule has 2 N–H and O–H groups in total. The summed E-state index contributed by atoms with van der Waals surface area (Å²) in [6, 6.07) is 8.00. The summed E-state index contributed by atoms with van der Waals surface area (Å²) in [6.45, 7) is 6.18. The monoisotopic (exact) mass is 298 g/mol. The highest BCUT2D eigenvalue weighted by molar-refractivity contribution is 7.80. The van der Waals surface area contributed by atoms with E-state index in [0.29, 0.717) is 4.99 Å². The summed E-state index contributed by atoms with van der Waals surface area (Å²) in [7, 11) is 2.13. The molecular formula is C15H23ClN2S. The van der Waals surface area contributed by atoms with Crippen molar-refractivity contribution in [1.29, 1.82) is 0 Å². The van der Waals surface area contributed by atoms with Crippen LogP contribution in [-0.2, 0) is 6.54 Å². The van der Waals surface area contributed by atoms with Gasteiger partial charge < -0.3 is 10.6 Å². The topological polar surface area (TPSA) is 29.3 Å². The van der Waals surface area contributed by atoms with Crippen molar-refractivity contribution in [2.24, 2.45) is 11.1 Å². The maximum absolute atomic E-state index is 5.87. The number of halogens is 1. The number of hydrogen-bond donors (Lipinski definition) is 1. The molecule has 0 amide bonds. The molecule has 0 aliphatic carbocycles. The molecular weight excluding hydrogens is 276 g/mol. The third-order valence-electron chi connectivity index (χ3n) is 3.37. The minimum absolute atomic E-state index is 0.0452. The molecule has 1 rings (SSSR count). The van der Waals surface area contributed by atoms with Crippen LogP contribution in [0.4, 0.5) is 0 Å². The van der Waals surface area contributed by atoms with Crippen molar-refractivity contribution in [2.45, 2.75) is 33.2 Å². The number of nitrogens with two attached hydrogens (primary N) is 1. The number of benzene rings is 1. The van der Waals surface area contributed by atoms with E-state index in [1.54, 1.807) is 0 Å². The normalized spacial score (nSPS) is 11.8. The van der Waals surface area contributed by atoms with Gasteiger partial charge in [-0.05, 0) is 44.1 Å². The zero-order chi connectivity index (χ0) is 14.5. The van der Waals surface area contributed by atoms with Gasteiger partial charge in [0.25, 0.3) is 0 Å². The highest BCUT2D eigenvalue weighted by Crippen LogP contribution is 2.22. The summed E-state index contributed by atoms with van der Waals surface area (Å²) < 4.78 is 0.